The molecule has 0 spiro atoms. The van der Waals surface area contributed by atoms with Crippen LogP contribution in [0.1, 0.15) is 6.92 Å². The zero-order valence-corrected chi connectivity index (χ0v) is 13.2. The first kappa shape index (κ1) is 18.8. The molecule has 0 aliphatic heterocycles. The number of aliphatic carboxylic acids is 1. The van der Waals surface area contributed by atoms with Gasteiger partial charge in [0.2, 0.25) is 0 Å². The number of esters is 1. The second kappa shape index (κ2) is 7.86. The van der Waals surface area contributed by atoms with Gasteiger partial charge in [-0.15, -0.1) is 13.2 Å². The van der Waals surface area contributed by atoms with E-state index in [1.54, 1.807) is 6.92 Å². The van der Waals surface area contributed by atoms with E-state index in [9.17, 15) is 22.8 Å². The molecule has 0 aliphatic rings. The summed E-state index contributed by atoms with van der Waals surface area (Å²) < 4.78 is 44.8. The molecule has 126 valence electrons. The van der Waals surface area contributed by atoms with Crippen molar-refractivity contribution >= 4 is 33.6 Å². The van der Waals surface area contributed by atoms with Gasteiger partial charge in [0.15, 0.2) is 0 Å². The molecule has 23 heavy (non-hydrogen) atoms. The lowest BCUT2D eigenvalue weighted by Gasteiger charge is -2.12. The standard InChI is InChI=1S/C13H11BrF3NO5/c1-2-22-11(19)6-10(12(20)21)18-9-4-3-7(5-8(9)14)23-13(15,16)17/h3-6,18H,2H2,1H3,(H,20,21)/b10-6-. The number of carboxylic acids is 1. The maximum Gasteiger partial charge on any atom is 0.573 e. The Morgan fingerprint density at radius 3 is 2.52 bits per heavy atom. The number of nitrogens with one attached hydrogen (secondary N) is 1. The summed E-state index contributed by atoms with van der Waals surface area (Å²) in [5.74, 6) is -2.80. The zero-order valence-electron chi connectivity index (χ0n) is 11.6. The second-order valence-corrected chi connectivity index (χ2v) is 4.78. The predicted molar refractivity (Wildman–Crippen MR) is 76.8 cm³/mol. The van der Waals surface area contributed by atoms with Crippen molar-refractivity contribution in [3.05, 3.63) is 34.4 Å². The van der Waals surface area contributed by atoms with E-state index in [0.29, 0.717) is 0 Å². The third-order valence-corrected chi connectivity index (χ3v) is 2.88. The normalized spacial score (nSPS) is 11.8. The van der Waals surface area contributed by atoms with E-state index in [-0.39, 0.29) is 16.8 Å². The number of alkyl halides is 3. The first-order valence-electron chi connectivity index (χ1n) is 6.06. The quantitative estimate of drug-likeness (QED) is 0.565. The largest absolute Gasteiger partial charge is 0.573 e. The van der Waals surface area contributed by atoms with Crippen molar-refractivity contribution in [3.63, 3.8) is 0 Å². The molecule has 10 heteroatoms. The van der Waals surface area contributed by atoms with Crippen molar-refractivity contribution in [2.75, 3.05) is 11.9 Å². The highest BCUT2D eigenvalue weighted by atomic mass is 79.9. The van der Waals surface area contributed by atoms with Crippen molar-refractivity contribution in [2.45, 2.75) is 13.3 Å². The monoisotopic (exact) mass is 397 g/mol. The van der Waals surface area contributed by atoms with Gasteiger partial charge in [0.05, 0.1) is 18.4 Å². The van der Waals surface area contributed by atoms with E-state index in [0.717, 1.165) is 24.3 Å². The fraction of sp³-hybridized carbons (Fsp3) is 0.231. The average molecular weight is 398 g/mol. The molecule has 1 aromatic rings. The Balaban J connectivity index is 2.97. The summed E-state index contributed by atoms with van der Waals surface area (Å²) in [6, 6.07) is 3.15. The Labute approximate surface area is 137 Å². The van der Waals surface area contributed by atoms with E-state index in [2.05, 4.69) is 30.7 Å². The summed E-state index contributed by atoms with van der Waals surface area (Å²) in [6.45, 7) is 1.62. The number of ether oxygens (including phenoxy) is 2. The molecule has 0 heterocycles. The van der Waals surface area contributed by atoms with Gasteiger partial charge in [0.1, 0.15) is 11.4 Å². The summed E-state index contributed by atoms with van der Waals surface area (Å²) in [4.78, 5) is 22.4. The average Bonchev–Trinajstić information content (AvgIpc) is 2.39. The third kappa shape index (κ3) is 6.59. The number of hydrogen-bond acceptors (Lipinski definition) is 5. The topological polar surface area (TPSA) is 84.9 Å². The van der Waals surface area contributed by atoms with Crippen LogP contribution in [0.15, 0.2) is 34.4 Å². The summed E-state index contributed by atoms with van der Waals surface area (Å²) in [7, 11) is 0. The van der Waals surface area contributed by atoms with Gasteiger partial charge in [-0.1, -0.05) is 0 Å². The van der Waals surface area contributed by atoms with Gasteiger partial charge in [-0.25, -0.2) is 9.59 Å². The van der Waals surface area contributed by atoms with E-state index >= 15 is 0 Å². The SMILES string of the molecule is CCOC(=O)/C=C(\Nc1ccc(OC(F)(F)F)cc1Br)C(=O)O. The molecular weight excluding hydrogens is 387 g/mol. The zero-order chi connectivity index (χ0) is 17.6. The van der Waals surface area contributed by atoms with Crippen LogP contribution in [0.4, 0.5) is 18.9 Å². The highest BCUT2D eigenvalue weighted by molar-refractivity contribution is 9.10. The predicted octanol–water partition coefficient (Wildman–Crippen LogP) is 3.29. The second-order valence-electron chi connectivity index (χ2n) is 3.93. The summed E-state index contributed by atoms with van der Waals surface area (Å²) in [5.41, 5.74) is -0.383. The summed E-state index contributed by atoms with van der Waals surface area (Å²) in [6.07, 6.45) is -4.12. The molecule has 2 N–H and O–H groups in total. The van der Waals surface area contributed by atoms with Gasteiger partial charge in [-0.05, 0) is 41.1 Å². The van der Waals surface area contributed by atoms with Gasteiger partial charge < -0.3 is 19.9 Å². The molecule has 0 aliphatic carbocycles. The molecule has 0 bridgehead atoms. The van der Waals surface area contributed by atoms with Gasteiger partial charge in [0.25, 0.3) is 0 Å². The summed E-state index contributed by atoms with van der Waals surface area (Å²) >= 11 is 2.98. The number of carboxylic acid groups (broad SMARTS) is 1. The minimum Gasteiger partial charge on any atom is -0.477 e. The van der Waals surface area contributed by atoms with Gasteiger partial charge in [-0.3, -0.25) is 0 Å². The highest BCUT2D eigenvalue weighted by Crippen LogP contribution is 2.31. The smallest absolute Gasteiger partial charge is 0.477 e. The Kier molecular flexibility index (Phi) is 6.43. The minimum atomic E-state index is -4.84. The minimum absolute atomic E-state index is 0.0649. The lowest BCUT2D eigenvalue weighted by atomic mass is 10.2. The Morgan fingerprint density at radius 2 is 2.04 bits per heavy atom. The Morgan fingerprint density at radius 1 is 1.39 bits per heavy atom. The molecule has 0 amide bonds. The maximum atomic E-state index is 12.1. The molecule has 0 atom stereocenters. The molecular formula is C13H11BrF3NO5. The Bertz CT molecular complexity index is 631. The maximum absolute atomic E-state index is 12.1. The number of anilines is 1. The van der Waals surface area contributed by atoms with E-state index in [1.165, 1.54) is 0 Å². The Hall–Kier alpha value is -2.23. The lowest BCUT2D eigenvalue weighted by molar-refractivity contribution is -0.274. The van der Waals surface area contributed by atoms with Crippen LogP contribution in [0.2, 0.25) is 0 Å². The van der Waals surface area contributed by atoms with Gasteiger partial charge >= 0.3 is 18.3 Å². The first-order valence-corrected chi connectivity index (χ1v) is 6.85. The van der Waals surface area contributed by atoms with Crippen LogP contribution in [0.5, 0.6) is 5.75 Å². The van der Waals surface area contributed by atoms with Crippen LogP contribution in [0.25, 0.3) is 0 Å². The van der Waals surface area contributed by atoms with Crippen molar-refractivity contribution in [2.24, 2.45) is 0 Å². The number of hydrogen-bond donors (Lipinski definition) is 2. The molecule has 0 saturated heterocycles. The highest BCUT2D eigenvalue weighted by Gasteiger charge is 2.31. The van der Waals surface area contributed by atoms with Crippen molar-refractivity contribution in [3.8, 4) is 5.75 Å². The van der Waals surface area contributed by atoms with Gasteiger partial charge in [-0.2, -0.15) is 0 Å². The van der Waals surface area contributed by atoms with Crippen LogP contribution in [0.3, 0.4) is 0 Å². The number of halogens is 4. The third-order valence-electron chi connectivity index (χ3n) is 2.22. The van der Waals surface area contributed by atoms with E-state index < -0.39 is 29.7 Å². The lowest BCUT2D eigenvalue weighted by Crippen LogP contribution is -2.17. The first-order chi connectivity index (χ1) is 10.6. The summed E-state index contributed by atoms with van der Waals surface area (Å²) in [5, 5.41) is 11.4. The molecule has 1 rings (SSSR count). The number of benzene rings is 1. The van der Waals surface area contributed by atoms with Crippen molar-refractivity contribution in [1.29, 1.82) is 0 Å². The van der Waals surface area contributed by atoms with Crippen LogP contribution in [-0.4, -0.2) is 30.0 Å². The van der Waals surface area contributed by atoms with Crippen molar-refractivity contribution in [1.82, 2.24) is 0 Å². The molecule has 1 aromatic carbocycles. The van der Waals surface area contributed by atoms with E-state index in [1.807, 2.05) is 0 Å². The number of carbonyl (C=O) groups is 2. The van der Waals surface area contributed by atoms with Crippen molar-refractivity contribution < 1.29 is 37.3 Å². The van der Waals surface area contributed by atoms with Crippen LogP contribution in [-0.2, 0) is 14.3 Å². The molecule has 0 fully saturated rings. The molecule has 0 unspecified atom stereocenters. The number of rotatable bonds is 6. The van der Waals surface area contributed by atoms with Gasteiger partial charge in [0, 0.05) is 4.47 Å². The molecule has 0 radical (unpaired) electrons. The fourth-order valence-corrected chi connectivity index (χ4v) is 1.85. The van der Waals surface area contributed by atoms with E-state index in [4.69, 9.17) is 5.11 Å². The molecule has 6 nitrogen and oxygen atoms in total. The molecule has 0 aromatic heterocycles. The fourth-order valence-electron chi connectivity index (χ4n) is 1.39. The van der Waals surface area contributed by atoms with Crippen LogP contribution < -0.4 is 10.1 Å². The van der Waals surface area contributed by atoms with Crippen LogP contribution >= 0.6 is 15.9 Å². The van der Waals surface area contributed by atoms with Crippen LogP contribution in [0, 0.1) is 0 Å². The molecule has 0 saturated carbocycles. The number of carbonyl (C=O) groups excluding carboxylic acids is 1.